The Bertz CT molecular complexity index is 1260. The number of ether oxygens (including phenoxy) is 1. The number of halogens is 1. The molecule has 0 spiro atoms. The molecule has 180 valence electrons. The van der Waals surface area contributed by atoms with Crippen molar-refractivity contribution in [2.24, 2.45) is 0 Å². The molecule has 0 saturated carbocycles. The van der Waals surface area contributed by atoms with Gasteiger partial charge in [-0.2, -0.15) is 0 Å². The van der Waals surface area contributed by atoms with Gasteiger partial charge in [-0.05, 0) is 67.3 Å². The largest absolute Gasteiger partial charge is 0.496 e. The number of benzene rings is 3. The van der Waals surface area contributed by atoms with E-state index >= 15 is 0 Å². The van der Waals surface area contributed by atoms with Crippen LogP contribution in [0.15, 0.2) is 71.6 Å². The van der Waals surface area contributed by atoms with Crippen LogP contribution in [0.4, 0.5) is 5.69 Å². The lowest BCUT2D eigenvalue weighted by Gasteiger charge is -2.27. The summed E-state index contributed by atoms with van der Waals surface area (Å²) in [5.41, 5.74) is 2.82. The predicted octanol–water partition coefficient (Wildman–Crippen LogP) is 5.43. The zero-order valence-electron chi connectivity index (χ0n) is 19.7. The summed E-state index contributed by atoms with van der Waals surface area (Å²) in [6, 6.07) is 18.5. The number of carbonyl (C=O) groups excluding carboxylic acids is 1. The molecule has 0 saturated heterocycles. The molecule has 0 aliphatic rings. The van der Waals surface area contributed by atoms with Crippen LogP contribution < -0.4 is 14.4 Å². The smallest absolute Gasteiger partial charge is 0.264 e. The monoisotopic (exact) mass is 500 g/mol. The van der Waals surface area contributed by atoms with Gasteiger partial charge in [-0.1, -0.05) is 54.9 Å². The van der Waals surface area contributed by atoms with E-state index in [9.17, 15) is 13.2 Å². The molecule has 3 rings (SSSR count). The van der Waals surface area contributed by atoms with Crippen molar-refractivity contribution < 1.29 is 17.9 Å². The van der Waals surface area contributed by atoms with Gasteiger partial charge in [0.15, 0.2) is 0 Å². The van der Waals surface area contributed by atoms with Crippen LogP contribution in [0.25, 0.3) is 0 Å². The van der Waals surface area contributed by atoms with Crippen LogP contribution in [0.1, 0.15) is 36.1 Å². The van der Waals surface area contributed by atoms with Gasteiger partial charge in [-0.25, -0.2) is 8.42 Å². The number of methoxy groups -OCH3 is 1. The van der Waals surface area contributed by atoms with Gasteiger partial charge in [0.1, 0.15) is 12.3 Å². The van der Waals surface area contributed by atoms with Crippen molar-refractivity contribution in [2.75, 3.05) is 18.0 Å². The topological polar surface area (TPSA) is 75.7 Å². The number of nitrogens with zero attached hydrogens (tertiary/aromatic N) is 1. The Morgan fingerprint density at radius 2 is 1.76 bits per heavy atom. The Balaban J connectivity index is 1.94. The van der Waals surface area contributed by atoms with Crippen molar-refractivity contribution in [1.29, 1.82) is 0 Å². The van der Waals surface area contributed by atoms with Crippen LogP contribution in [-0.4, -0.2) is 28.0 Å². The molecule has 1 atom stereocenters. The van der Waals surface area contributed by atoms with Gasteiger partial charge in [0.2, 0.25) is 5.91 Å². The number of aryl methyl sites for hydroxylation is 1. The lowest BCUT2D eigenvalue weighted by Crippen LogP contribution is -2.42. The lowest BCUT2D eigenvalue weighted by atomic mass is 10.0. The lowest BCUT2D eigenvalue weighted by molar-refractivity contribution is -0.120. The minimum atomic E-state index is -4.01. The summed E-state index contributed by atoms with van der Waals surface area (Å²) in [6.07, 6.45) is 0.638. The van der Waals surface area contributed by atoms with E-state index in [1.807, 2.05) is 32.0 Å². The number of rotatable bonds is 9. The average molecular weight is 501 g/mol. The Morgan fingerprint density at radius 3 is 2.38 bits per heavy atom. The summed E-state index contributed by atoms with van der Waals surface area (Å²) in [7, 11) is -2.40. The van der Waals surface area contributed by atoms with Crippen LogP contribution in [0.3, 0.4) is 0 Å². The normalized spacial score (nSPS) is 12.1. The fraction of sp³-hybridized carbons (Fsp3) is 0.269. The molecule has 0 bridgehead atoms. The summed E-state index contributed by atoms with van der Waals surface area (Å²) in [5, 5.41) is 3.41. The number of nitrogens with one attached hydrogen (secondary N) is 1. The van der Waals surface area contributed by atoms with E-state index in [1.54, 1.807) is 50.4 Å². The van der Waals surface area contributed by atoms with Crippen LogP contribution in [-0.2, 0) is 14.8 Å². The van der Waals surface area contributed by atoms with Gasteiger partial charge in [-0.15, -0.1) is 0 Å². The minimum absolute atomic E-state index is 0.0972. The van der Waals surface area contributed by atoms with Crippen LogP contribution in [0.2, 0.25) is 5.02 Å². The van der Waals surface area contributed by atoms with Crippen molar-refractivity contribution in [3.05, 3.63) is 88.4 Å². The first kappa shape index (κ1) is 25.6. The van der Waals surface area contributed by atoms with E-state index in [2.05, 4.69) is 5.32 Å². The second-order valence-corrected chi connectivity index (χ2v) is 10.2. The van der Waals surface area contributed by atoms with E-state index in [0.717, 1.165) is 21.2 Å². The summed E-state index contributed by atoms with van der Waals surface area (Å²) in [4.78, 5) is 13.3. The van der Waals surface area contributed by atoms with Crippen molar-refractivity contribution in [2.45, 2.75) is 38.1 Å². The summed E-state index contributed by atoms with van der Waals surface area (Å²) in [6.45, 7) is 5.25. The molecule has 0 aliphatic heterocycles. The number of hydrogen-bond donors (Lipinski definition) is 1. The maximum Gasteiger partial charge on any atom is 0.264 e. The number of amides is 1. The highest BCUT2D eigenvalue weighted by Gasteiger charge is 2.29. The number of anilines is 1. The van der Waals surface area contributed by atoms with Crippen molar-refractivity contribution in [3.63, 3.8) is 0 Å². The molecular weight excluding hydrogens is 472 g/mol. The highest BCUT2D eigenvalue weighted by Crippen LogP contribution is 2.31. The van der Waals surface area contributed by atoms with E-state index in [1.165, 1.54) is 12.1 Å². The van der Waals surface area contributed by atoms with E-state index in [4.69, 9.17) is 16.3 Å². The summed E-state index contributed by atoms with van der Waals surface area (Å²) < 4.78 is 33.6. The minimum Gasteiger partial charge on any atom is -0.496 e. The molecule has 0 aromatic heterocycles. The molecule has 3 aromatic carbocycles. The highest BCUT2D eigenvalue weighted by atomic mass is 35.5. The van der Waals surface area contributed by atoms with Gasteiger partial charge >= 0.3 is 0 Å². The van der Waals surface area contributed by atoms with E-state index in [0.29, 0.717) is 22.7 Å². The zero-order valence-corrected chi connectivity index (χ0v) is 21.3. The molecule has 6 nitrogen and oxygen atoms in total. The quantitative estimate of drug-likeness (QED) is 0.425. The second-order valence-electron chi connectivity index (χ2n) is 7.97. The Morgan fingerprint density at radius 1 is 1.06 bits per heavy atom. The molecule has 8 heteroatoms. The first-order valence-corrected chi connectivity index (χ1v) is 12.8. The third-order valence-electron chi connectivity index (χ3n) is 5.69. The molecule has 1 amide bonds. The molecule has 3 aromatic rings. The molecule has 0 fully saturated rings. The summed E-state index contributed by atoms with van der Waals surface area (Å²) in [5.74, 6) is 0.348. The van der Waals surface area contributed by atoms with Crippen LogP contribution >= 0.6 is 11.6 Å². The Hall–Kier alpha value is -3.03. The molecule has 0 aliphatic carbocycles. The van der Waals surface area contributed by atoms with E-state index in [-0.39, 0.29) is 17.5 Å². The summed E-state index contributed by atoms with van der Waals surface area (Å²) >= 11 is 6.28. The highest BCUT2D eigenvalue weighted by molar-refractivity contribution is 7.92. The predicted molar refractivity (Wildman–Crippen MR) is 136 cm³/mol. The van der Waals surface area contributed by atoms with Gasteiger partial charge in [0, 0.05) is 5.02 Å². The third kappa shape index (κ3) is 5.54. The average Bonchev–Trinajstić information content (AvgIpc) is 2.83. The Kier molecular flexibility index (Phi) is 8.23. The number of hydrogen-bond acceptors (Lipinski definition) is 4. The van der Waals surface area contributed by atoms with Gasteiger partial charge in [-0.3, -0.25) is 9.10 Å². The molecule has 0 radical (unpaired) electrons. The van der Waals surface area contributed by atoms with Gasteiger partial charge in [0.05, 0.1) is 23.7 Å². The zero-order chi connectivity index (χ0) is 24.9. The molecule has 1 N–H and O–H groups in total. The van der Waals surface area contributed by atoms with Gasteiger partial charge in [0.25, 0.3) is 10.0 Å². The molecule has 34 heavy (non-hydrogen) atoms. The molecule has 0 heterocycles. The fourth-order valence-corrected chi connectivity index (χ4v) is 5.46. The van der Waals surface area contributed by atoms with E-state index < -0.39 is 15.9 Å². The first-order chi connectivity index (χ1) is 16.2. The fourth-order valence-electron chi connectivity index (χ4n) is 3.80. The Labute approximate surface area is 206 Å². The van der Waals surface area contributed by atoms with Crippen molar-refractivity contribution in [1.82, 2.24) is 5.32 Å². The molecular formula is C26H29ClN2O4S. The SMILES string of the molecule is CC[C@@H](NC(=O)CN(c1cccc(Cl)c1C)S(=O)(=O)c1ccccc1)c1ccc(OC)c(C)c1. The second kappa shape index (κ2) is 10.9. The third-order valence-corrected chi connectivity index (χ3v) is 7.87. The molecule has 0 unspecified atom stereocenters. The van der Waals surface area contributed by atoms with Gasteiger partial charge < -0.3 is 10.1 Å². The first-order valence-electron chi connectivity index (χ1n) is 11.0. The van der Waals surface area contributed by atoms with Crippen LogP contribution in [0.5, 0.6) is 5.75 Å². The van der Waals surface area contributed by atoms with Crippen molar-refractivity contribution >= 4 is 33.2 Å². The standard InChI is InChI=1S/C26H29ClN2O4S/c1-5-23(20-14-15-25(33-4)18(2)16-20)28-26(30)17-29(24-13-9-12-22(27)19(24)3)34(31,32)21-10-7-6-8-11-21/h6-16,23H,5,17H2,1-4H3,(H,28,30)/t23-/m1/s1. The maximum absolute atomic E-state index is 13.6. The van der Waals surface area contributed by atoms with Crippen molar-refractivity contribution in [3.8, 4) is 5.75 Å². The number of sulfonamides is 1. The maximum atomic E-state index is 13.6. The van der Waals surface area contributed by atoms with Crippen LogP contribution in [0, 0.1) is 13.8 Å². The number of carbonyl (C=O) groups is 1.